The molecule has 0 bridgehead atoms. The molecule has 0 amide bonds. The van der Waals surface area contributed by atoms with Crippen LogP contribution in [-0.2, 0) is 0 Å². The Morgan fingerprint density at radius 3 is 2.20 bits per heavy atom. The molecule has 0 unspecified atom stereocenters. The predicted molar refractivity (Wildman–Crippen MR) is 63.7 cm³/mol. The van der Waals surface area contributed by atoms with Crippen LogP contribution in [-0.4, -0.2) is 11.2 Å². The summed E-state index contributed by atoms with van der Waals surface area (Å²) >= 11 is 0. The molecule has 0 aromatic carbocycles. The molecule has 0 radical (unpaired) electrons. The normalized spacial score (nSPS) is 26.3. The smallest absolute Gasteiger partial charge is 0.0751 e. The Labute approximate surface area is 93.6 Å². The van der Waals surface area contributed by atoms with Crippen LogP contribution in [0.1, 0.15) is 64.2 Å². The van der Waals surface area contributed by atoms with Crippen molar-refractivity contribution >= 4 is 0 Å². The number of aliphatic hydroxyl groups is 1. The Hall–Kier alpha value is -0.300. The highest BCUT2D eigenvalue weighted by Gasteiger charge is 2.20. The summed E-state index contributed by atoms with van der Waals surface area (Å²) in [6, 6.07) is 0. The molecule has 2 aliphatic rings. The van der Waals surface area contributed by atoms with E-state index < -0.39 is 0 Å². The van der Waals surface area contributed by atoms with Crippen molar-refractivity contribution in [1.29, 1.82) is 0 Å². The van der Waals surface area contributed by atoms with Gasteiger partial charge in [0.2, 0.25) is 0 Å². The van der Waals surface area contributed by atoms with Gasteiger partial charge in [-0.25, -0.2) is 0 Å². The largest absolute Gasteiger partial charge is 0.389 e. The molecule has 0 heterocycles. The van der Waals surface area contributed by atoms with E-state index in [2.05, 4.69) is 6.08 Å². The maximum Gasteiger partial charge on any atom is 0.0751 e. The fourth-order valence-electron chi connectivity index (χ4n) is 3.03. The molecule has 1 heteroatoms. The lowest BCUT2D eigenvalue weighted by atomic mass is 9.83. The van der Waals surface area contributed by atoms with Crippen LogP contribution in [0, 0.1) is 5.92 Å². The van der Waals surface area contributed by atoms with E-state index in [1.54, 1.807) is 0 Å². The molecule has 0 aromatic rings. The molecule has 2 aliphatic carbocycles. The number of rotatable bonds is 2. The van der Waals surface area contributed by atoms with Crippen molar-refractivity contribution in [2.75, 3.05) is 0 Å². The highest BCUT2D eigenvalue weighted by molar-refractivity contribution is 5.08. The fourth-order valence-corrected chi connectivity index (χ4v) is 3.03. The van der Waals surface area contributed by atoms with Crippen LogP contribution >= 0.6 is 0 Å². The van der Waals surface area contributed by atoms with Gasteiger partial charge in [0, 0.05) is 0 Å². The van der Waals surface area contributed by atoms with E-state index >= 15 is 0 Å². The molecule has 2 rings (SSSR count). The van der Waals surface area contributed by atoms with E-state index in [0.717, 1.165) is 0 Å². The Morgan fingerprint density at radius 2 is 1.53 bits per heavy atom. The van der Waals surface area contributed by atoms with E-state index in [9.17, 15) is 5.11 Å². The maximum atomic E-state index is 10.1. The van der Waals surface area contributed by atoms with Crippen LogP contribution in [0.4, 0.5) is 0 Å². The van der Waals surface area contributed by atoms with Crippen LogP contribution in [0.5, 0.6) is 0 Å². The Balaban J connectivity index is 1.85. The van der Waals surface area contributed by atoms with Crippen molar-refractivity contribution in [2.45, 2.75) is 70.3 Å². The summed E-state index contributed by atoms with van der Waals surface area (Å²) in [6.07, 6.45) is 15.1. The second-order valence-corrected chi connectivity index (χ2v) is 5.27. The molecule has 0 spiro atoms. The van der Waals surface area contributed by atoms with Gasteiger partial charge in [0.25, 0.3) is 0 Å². The number of allylic oxidation sites excluding steroid dienone is 1. The minimum Gasteiger partial charge on any atom is -0.389 e. The summed E-state index contributed by atoms with van der Waals surface area (Å²) in [5.41, 5.74) is 1.53. The Morgan fingerprint density at radius 1 is 0.933 bits per heavy atom. The lowest BCUT2D eigenvalue weighted by Crippen LogP contribution is -2.21. The third-order valence-corrected chi connectivity index (χ3v) is 4.04. The van der Waals surface area contributed by atoms with Gasteiger partial charge in [-0.1, -0.05) is 37.3 Å². The first-order valence-electron chi connectivity index (χ1n) is 6.74. The summed E-state index contributed by atoms with van der Waals surface area (Å²) in [7, 11) is 0. The fraction of sp³-hybridized carbons (Fsp3) is 0.857. The van der Waals surface area contributed by atoms with Crippen molar-refractivity contribution < 1.29 is 5.11 Å². The quantitative estimate of drug-likeness (QED) is 0.684. The van der Waals surface area contributed by atoms with E-state index in [-0.39, 0.29) is 6.10 Å². The predicted octanol–water partition coefficient (Wildman–Crippen LogP) is 3.82. The molecule has 0 aromatic heterocycles. The molecule has 15 heavy (non-hydrogen) atoms. The van der Waals surface area contributed by atoms with Gasteiger partial charge in [-0.3, -0.25) is 0 Å². The first-order valence-corrected chi connectivity index (χ1v) is 6.74. The minimum atomic E-state index is -0.140. The summed E-state index contributed by atoms with van der Waals surface area (Å²) in [4.78, 5) is 0. The standard InChI is InChI=1S/C14H24O/c15-14(13-9-5-2-6-10-13)11-12-7-3-1-4-8-12/h11,13-15H,1-10H2/t14-/m0/s1. The Bertz CT molecular complexity index is 205. The van der Waals surface area contributed by atoms with Gasteiger partial charge in [0.15, 0.2) is 0 Å². The van der Waals surface area contributed by atoms with E-state index in [1.165, 1.54) is 69.8 Å². The number of hydrogen-bond donors (Lipinski definition) is 1. The molecule has 0 aliphatic heterocycles. The molecule has 86 valence electrons. The van der Waals surface area contributed by atoms with Gasteiger partial charge in [-0.15, -0.1) is 0 Å². The van der Waals surface area contributed by atoms with E-state index in [1.807, 2.05) is 0 Å². The van der Waals surface area contributed by atoms with Crippen LogP contribution < -0.4 is 0 Å². The molecule has 2 saturated carbocycles. The first-order chi connectivity index (χ1) is 7.36. The van der Waals surface area contributed by atoms with Crippen LogP contribution in [0.15, 0.2) is 11.6 Å². The van der Waals surface area contributed by atoms with Crippen molar-refractivity contribution in [2.24, 2.45) is 5.92 Å². The average molecular weight is 208 g/mol. The molecule has 1 N–H and O–H groups in total. The summed E-state index contributed by atoms with van der Waals surface area (Å²) in [6.45, 7) is 0. The summed E-state index contributed by atoms with van der Waals surface area (Å²) in [5, 5.41) is 10.1. The second kappa shape index (κ2) is 5.69. The molecular formula is C14H24O. The zero-order valence-corrected chi connectivity index (χ0v) is 9.75. The van der Waals surface area contributed by atoms with E-state index in [0.29, 0.717) is 5.92 Å². The molecule has 1 nitrogen and oxygen atoms in total. The van der Waals surface area contributed by atoms with Gasteiger partial charge < -0.3 is 5.11 Å². The Kier molecular flexibility index (Phi) is 4.25. The zero-order valence-electron chi connectivity index (χ0n) is 9.75. The zero-order chi connectivity index (χ0) is 10.5. The maximum absolute atomic E-state index is 10.1. The summed E-state index contributed by atoms with van der Waals surface area (Å²) in [5.74, 6) is 0.563. The highest BCUT2D eigenvalue weighted by atomic mass is 16.3. The van der Waals surface area contributed by atoms with Crippen LogP contribution in [0.2, 0.25) is 0 Å². The summed E-state index contributed by atoms with van der Waals surface area (Å²) < 4.78 is 0. The number of aliphatic hydroxyl groups excluding tert-OH is 1. The van der Waals surface area contributed by atoms with E-state index in [4.69, 9.17) is 0 Å². The van der Waals surface area contributed by atoms with Crippen LogP contribution in [0.25, 0.3) is 0 Å². The lowest BCUT2D eigenvalue weighted by molar-refractivity contribution is 0.124. The first kappa shape index (κ1) is 11.2. The highest BCUT2D eigenvalue weighted by Crippen LogP contribution is 2.29. The van der Waals surface area contributed by atoms with Crippen molar-refractivity contribution in [1.82, 2.24) is 0 Å². The SMILES string of the molecule is O[C@@H](C=C1CCCCC1)C1CCCCC1. The lowest BCUT2D eigenvalue weighted by Gasteiger charge is -2.26. The van der Waals surface area contributed by atoms with Gasteiger partial charge in [-0.05, 0) is 44.4 Å². The van der Waals surface area contributed by atoms with Gasteiger partial charge >= 0.3 is 0 Å². The average Bonchev–Trinajstić information content (AvgIpc) is 2.31. The van der Waals surface area contributed by atoms with Gasteiger partial charge in [-0.2, -0.15) is 0 Å². The monoisotopic (exact) mass is 208 g/mol. The molecule has 1 atom stereocenters. The van der Waals surface area contributed by atoms with Gasteiger partial charge in [0.05, 0.1) is 6.10 Å². The molecule has 0 saturated heterocycles. The van der Waals surface area contributed by atoms with Crippen molar-refractivity contribution in [3.05, 3.63) is 11.6 Å². The third kappa shape index (κ3) is 3.34. The number of hydrogen-bond acceptors (Lipinski definition) is 1. The molecular weight excluding hydrogens is 184 g/mol. The second-order valence-electron chi connectivity index (χ2n) is 5.27. The van der Waals surface area contributed by atoms with Crippen molar-refractivity contribution in [3.63, 3.8) is 0 Å². The van der Waals surface area contributed by atoms with Crippen LogP contribution in [0.3, 0.4) is 0 Å². The van der Waals surface area contributed by atoms with Gasteiger partial charge in [0.1, 0.15) is 0 Å². The molecule has 2 fully saturated rings. The van der Waals surface area contributed by atoms with Crippen molar-refractivity contribution in [3.8, 4) is 0 Å². The third-order valence-electron chi connectivity index (χ3n) is 4.04. The minimum absolute atomic E-state index is 0.140. The topological polar surface area (TPSA) is 20.2 Å².